The number of esters is 1. The molecule has 0 radical (unpaired) electrons. The Balaban J connectivity index is 1.57. The normalized spacial score (nSPS) is 15.4. The summed E-state index contributed by atoms with van der Waals surface area (Å²) in [6.45, 7) is 1.98. The first kappa shape index (κ1) is 24.2. The van der Waals surface area contributed by atoms with Crippen LogP contribution in [0.1, 0.15) is 35.0 Å². The van der Waals surface area contributed by atoms with E-state index in [-0.39, 0.29) is 31.9 Å². The number of benzene rings is 2. The van der Waals surface area contributed by atoms with Crippen LogP contribution in [-0.4, -0.2) is 41.2 Å². The highest BCUT2D eigenvalue weighted by molar-refractivity contribution is 6.30. The molecular weight excluding hydrogens is 472 g/mol. The first-order valence-corrected chi connectivity index (χ1v) is 11.5. The highest BCUT2D eigenvalue weighted by Crippen LogP contribution is 2.28. The lowest BCUT2D eigenvalue weighted by Gasteiger charge is -2.27. The molecule has 0 aliphatic carbocycles. The fraction of sp³-hybridized carbons (Fsp3) is 0.231. The molecule has 180 valence electrons. The Morgan fingerprint density at radius 1 is 1.09 bits per heavy atom. The van der Waals surface area contributed by atoms with Gasteiger partial charge < -0.3 is 14.1 Å². The van der Waals surface area contributed by atoms with Crippen LogP contribution >= 0.6 is 11.6 Å². The molecule has 1 atom stereocenters. The van der Waals surface area contributed by atoms with Crippen molar-refractivity contribution >= 4 is 41.0 Å². The van der Waals surface area contributed by atoms with Crippen LogP contribution in [0.25, 0.3) is 0 Å². The van der Waals surface area contributed by atoms with Gasteiger partial charge in [-0.2, -0.15) is 0 Å². The van der Waals surface area contributed by atoms with Gasteiger partial charge in [0.1, 0.15) is 11.8 Å². The van der Waals surface area contributed by atoms with Crippen LogP contribution in [0.2, 0.25) is 5.02 Å². The minimum absolute atomic E-state index is 0.0318. The van der Waals surface area contributed by atoms with Gasteiger partial charge in [-0.15, -0.1) is 0 Å². The number of furan rings is 1. The van der Waals surface area contributed by atoms with Crippen molar-refractivity contribution in [2.24, 2.45) is 0 Å². The van der Waals surface area contributed by atoms with Gasteiger partial charge in [-0.3, -0.25) is 14.4 Å². The summed E-state index contributed by atoms with van der Waals surface area (Å²) in [6.07, 6.45) is 1.35. The Hall–Kier alpha value is -3.91. The van der Waals surface area contributed by atoms with Crippen LogP contribution < -0.4 is 4.90 Å². The third-order valence-corrected chi connectivity index (χ3v) is 5.88. The van der Waals surface area contributed by atoms with E-state index >= 15 is 0 Å². The maximum atomic E-state index is 13.4. The molecule has 1 unspecified atom stereocenters. The Kier molecular flexibility index (Phi) is 7.31. The lowest BCUT2D eigenvalue weighted by Crippen LogP contribution is -2.45. The second kappa shape index (κ2) is 10.6. The number of anilines is 1. The van der Waals surface area contributed by atoms with Crippen LogP contribution in [0.3, 0.4) is 0 Å². The number of amides is 3. The van der Waals surface area contributed by atoms with Crippen molar-refractivity contribution in [1.29, 1.82) is 0 Å². The van der Waals surface area contributed by atoms with Crippen molar-refractivity contribution in [2.75, 3.05) is 11.5 Å². The van der Waals surface area contributed by atoms with Crippen LogP contribution in [0.15, 0.2) is 71.3 Å². The Morgan fingerprint density at radius 3 is 2.43 bits per heavy atom. The molecule has 2 aromatic carbocycles. The van der Waals surface area contributed by atoms with Gasteiger partial charge in [0.25, 0.3) is 5.91 Å². The van der Waals surface area contributed by atoms with E-state index in [1.165, 1.54) is 35.4 Å². The molecule has 9 heteroatoms. The minimum Gasteiger partial charge on any atom is -0.467 e. The minimum atomic E-state index is -0.989. The zero-order valence-corrected chi connectivity index (χ0v) is 19.7. The second-order valence-corrected chi connectivity index (χ2v) is 8.40. The second-order valence-electron chi connectivity index (χ2n) is 7.96. The SMILES string of the molecule is CCOC(=O)c1ccc(N2C(=O)CC(N(Cc3ccco3)C(=O)Cc3ccc(Cl)cc3)C2=O)cc1. The first-order valence-electron chi connectivity index (χ1n) is 11.1. The number of carbonyl (C=O) groups excluding carboxylic acids is 4. The standard InChI is InChI=1S/C26H23ClN2O6/c1-2-34-26(33)18-7-11-20(12-8-18)29-24(31)15-22(25(29)32)28(16-21-4-3-13-35-21)23(30)14-17-5-9-19(27)10-6-17/h3-13,22H,2,14-16H2,1H3. The number of rotatable bonds is 8. The van der Waals surface area contributed by atoms with E-state index in [9.17, 15) is 19.2 Å². The Morgan fingerprint density at radius 2 is 1.80 bits per heavy atom. The molecular formula is C26H23ClN2O6. The van der Waals surface area contributed by atoms with Gasteiger partial charge >= 0.3 is 5.97 Å². The third-order valence-electron chi connectivity index (χ3n) is 5.63. The number of carbonyl (C=O) groups is 4. The van der Waals surface area contributed by atoms with Gasteiger partial charge in [-0.25, -0.2) is 9.69 Å². The molecule has 0 spiro atoms. The zero-order chi connectivity index (χ0) is 24.9. The largest absolute Gasteiger partial charge is 0.467 e. The maximum Gasteiger partial charge on any atom is 0.338 e. The molecule has 1 aliphatic heterocycles. The van der Waals surface area contributed by atoms with Crippen LogP contribution in [0.5, 0.6) is 0 Å². The van der Waals surface area contributed by atoms with E-state index in [0.29, 0.717) is 22.0 Å². The highest BCUT2D eigenvalue weighted by atomic mass is 35.5. The number of hydrogen-bond acceptors (Lipinski definition) is 6. The number of halogens is 1. The summed E-state index contributed by atoms with van der Waals surface area (Å²) in [5.74, 6) is -1.28. The lowest BCUT2D eigenvalue weighted by atomic mass is 10.1. The van der Waals surface area contributed by atoms with Gasteiger partial charge in [0.15, 0.2) is 0 Å². The van der Waals surface area contributed by atoms with Crippen molar-refractivity contribution in [3.63, 3.8) is 0 Å². The predicted octanol–water partition coefficient (Wildman–Crippen LogP) is 4.01. The van der Waals surface area contributed by atoms with Gasteiger partial charge in [-0.05, 0) is 61.0 Å². The molecule has 4 rings (SSSR count). The summed E-state index contributed by atoms with van der Waals surface area (Å²) < 4.78 is 10.4. The lowest BCUT2D eigenvalue weighted by molar-refractivity contribution is -0.138. The fourth-order valence-electron chi connectivity index (χ4n) is 3.91. The van der Waals surface area contributed by atoms with E-state index in [1.54, 1.807) is 43.3 Å². The first-order chi connectivity index (χ1) is 16.9. The number of imide groups is 1. The van der Waals surface area contributed by atoms with Gasteiger partial charge in [0.2, 0.25) is 11.8 Å². The molecule has 1 aromatic heterocycles. The van der Waals surface area contributed by atoms with Crippen molar-refractivity contribution in [3.05, 3.63) is 88.8 Å². The van der Waals surface area contributed by atoms with E-state index in [4.69, 9.17) is 20.8 Å². The number of hydrogen-bond donors (Lipinski definition) is 0. The number of nitrogens with zero attached hydrogens (tertiary/aromatic N) is 2. The van der Waals surface area contributed by atoms with E-state index in [2.05, 4.69) is 0 Å². The summed E-state index contributed by atoms with van der Waals surface area (Å²) >= 11 is 5.94. The van der Waals surface area contributed by atoms with Gasteiger partial charge in [-0.1, -0.05) is 23.7 Å². The summed E-state index contributed by atoms with van der Waals surface area (Å²) in [6, 6.07) is 15.3. The molecule has 3 amide bonds. The van der Waals surface area contributed by atoms with Crippen molar-refractivity contribution in [1.82, 2.24) is 4.90 Å². The molecule has 0 saturated carbocycles. The Labute approximate surface area is 207 Å². The maximum absolute atomic E-state index is 13.4. The highest BCUT2D eigenvalue weighted by Gasteiger charge is 2.44. The fourth-order valence-corrected chi connectivity index (χ4v) is 4.04. The average Bonchev–Trinajstić information content (AvgIpc) is 3.46. The molecule has 0 N–H and O–H groups in total. The topological polar surface area (TPSA) is 97.1 Å². The number of ether oxygens (including phenoxy) is 1. The molecule has 1 aliphatic rings. The summed E-state index contributed by atoms with van der Waals surface area (Å²) in [4.78, 5) is 53.9. The van der Waals surface area contributed by atoms with Crippen LogP contribution in [0.4, 0.5) is 5.69 Å². The van der Waals surface area contributed by atoms with Gasteiger partial charge in [0, 0.05) is 5.02 Å². The summed E-state index contributed by atoms with van der Waals surface area (Å²) in [7, 11) is 0. The third kappa shape index (κ3) is 5.44. The molecule has 8 nitrogen and oxygen atoms in total. The quantitative estimate of drug-likeness (QED) is 0.346. The summed E-state index contributed by atoms with van der Waals surface area (Å²) in [5.41, 5.74) is 1.36. The van der Waals surface area contributed by atoms with Crippen LogP contribution in [-0.2, 0) is 32.1 Å². The Bertz CT molecular complexity index is 1220. The van der Waals surface area contributed by atoms with E-state index in [1.807, 2.05) is 0 Å². The van der Waals surface area contributed by atoms with E-state index in [0.717, 1.165) is 10.5 Å². The summed E-state index contributed by atoms with van der Waals surface area (Å²) in [5, 5.41) is 0.551. The molecule has 1 saturated heterocycles. The molecule has 3 aromatic rings. The predicted molar refractivity (Wildman–Crippen MR) is 128 cm³/mol. The van der Waals surface area contributed by atoms with Crippen LogP contribution in [0, 0.1) is 0 Å². The van der Waals surface area contributed by atoms with Crippen molar-refractivity contribution in [3.8, 4) is 0 Å². The molecule has 35 heavy (non-hydrogen) atoms. The van der Waals surface area contributed by atoms with E-state index < -0.39 is 23.8 Å². The van der Waals surface area contributed by atoms with Gasteiger partial charge in [0.05, 0.1) is 43.5 Å². The zero-order valence-electron chi connectivity index (χ0n) is 19.0. The van der Waals surface area contributed by atoms with Crippen molar-refractivity contribution in [2.45, 2.75) is 32.4 Å². The average molecular weight is 495 g/mol. The smallest absolute Gasteiger partial charge is 0.338 e. The molecule has 0 bridgehead atoms. The molecule has 2 heterocycles. The monoisotopic (exact) mass is 494 g/mol. The van der Waals surface area contributed by atoms with Crippen molar-refractivity contribution < 1.29 is 28.3 Å². The molecule has 1 fully saturated rings.